The van der Waals surface area contributed by atoms with Gasteiger partial charge >= 0.3 is 11.9 Å². The van der Waals surface area contributed by atoms with Gasteiger partial charge in [0.25, 0.3) is 0 Å². The summed E-state index contributed by atoms with van der Waals surface area (Å²) in [5, 5.41) is 10.1. The van der Waals surface area contributed by atoms with Crippen molar-refractivity contribution in [2.45, 2.75) is 50.8 Å². The van der Waals surface area contributed by atoms with E-state index in [-0.39, 0.29) is 6.61 Å². The Hall–Kier alpha value is -2.00. The van der Waals surface area contributed by atoms with E-state index in [1.54, 1.807) is 0 Å². The van der Waals surface area contributed by atoms with Crippen LogP contribution in [0.3, 0.4) is 0 Å². The third-order valence-electron chi connectivity index (χ3n) is 3.98. The lowest BCUT2D eigenvalue weighted by Crippen LogP contribution is -2.63. The van der Waals surface area contributed by atoms with E-state index in [1.807, 2.05) is 30.3 Å². The third-order valence-corrected chi connectivity index (χ3v) is 3.98. The number of hydrogen-bond donors (Lipinski definition) is 1. The zero-order chi connectivity index (χ0) is 18.0. The molecule has 0 aromatic heterocycles. The average molecular weight is 352 g/mol. The molecule has 3 rings (SSSR count). The van der Waals surface area contributed by atoms with E-state index in [0.29, 0.717) is 0 Å². The van der Waals surface area contributed by atoms with E-state index in [9.17, 15) is 14.7 Å². The van der Waals surface area contributed by atoms with E-state index >= 15 is 0 Å². The molecular weight excluding hydrogens is 332 g/mol. The van der Waals surface area contributed by atoms with Gasteiger partial charge in [-0.3, -0.25) is 9.59 Å². The summed E-state index contributed by atoms with van der Waals surface area (Å²) < 4.78 is 27.4. The summed E-state index contributed by atoms with van der Waals surface area (Å²) >= 11 is 0. The highest BCUT2D eigenvalue weighted by atomic mass is 16.7. The Morgan fingerprint density at radius 2 is 1.68 bits per heavy atom. The monoisotopic (exact) mass is 352 g/mol. The smallest absolute Gasteiger partial charge is 0.303 e. The summed E-state index contributed by atoms with van der Waals surface area (Å²) in [5.74, 6) is -1.21. The molecule has 0 amide bonds. The quantitative estimate of drug-likeness (QED) is 0.793. The highest BCUT2D eigenvalue weighted by Gasteiger charge is 2.52. The number of esters is 2. The van der Waals surface area contributed by atoms with Crippen LogP contribution < -0.4 is 0 Å². The number of benzene rings is 1. The lowest BCUT2D eigenvalue weighted by atomic mass is 9.97. The number of ether oxygens (including phenoxy) is 5. The Balaban J connectivity index is 1.84. The Morgan fingerprint density at radius 1 is 1.04 bits per heavy atom. The summed E-state index contributed by atoms with van der Waals surface area (Å²) in [6.07, 6.45) is -5.74. The molecule has 1 N–H and O–H groups in total. The standard InChI is InChI=1S/C17H20O8/c1-9(18)22-14-13-12(24-16(20)15(14)23-10(2)19)8-21-17(25-13)11-6-4-3-5-7-11/h3-7,12-17,20H,8H2,1-2H3. The molecule has 0 saturated carbocycles. The number of rotatable bonds is 3. The molecule has 6 atom stereocenters. The fraction of sp³-hybridized carbons (Fsp3) is 0.529. The average Bonchev–Trinajstić information content (AvgIpc) is 2.58. The molecular formula is C17H20O8. The first-order valence-electron chi connectivity index (χ1n) is 7.95. The SMILES string of the molecule is CC(=O)OC1C(O)OC2COC(c3ccccc3)OC2C1OC(C)=O. The van der Waals surface area contributed by atoms with Gasteiger partial charge in [-0.2, -0.15) is 0 Å². The number of hydrogen-bond acceptors (Lipinski definition) is 8. The minimum absolute atomic E-state index is 0.131. The minimum Gasteiger partial charge on any atom is -0.455 e. The first-order chi connectivity index (χ1) is 12.0. The number of carbonyl (C=O) groups is 2. The summed E-state index contributed by atoms with van der Waals surface area (Å²) in [4.78, 5) is 22.8. The first kappa shape index (κ1) is 17.8. The van der Waals surface area contributed by atoms with Crippen LogP contribution in [0.4, 0.5) is 0 Å². The lowest BCUT2D eigenvalue weighted by molar-refractivity contribution is -0.355. The molecule has 2 aliphatic heterocycles. The highest BCUT2D eigenvalue weighted by molar-refractivity contribution is 5.67. The van der Waals surface area contributed by atoms with Gasteiger partial charge in [-0.25, -0.2) is 0 Å². The van der Waals surface area contributed by atoms with Gasteiger partial charge in [0.05, 0.1) is 6.61 Å². The van der Waals surface area contributed by atoms with Crippen LogP contribution in [0.1, 0.15) is 25.7 Å². The van der Waals surface area contributed by atoms with Crippen molar-refractivity contribution in [3.8, 4) is 0 Å². The molecule has 2 fully saturated rings. The maximum atomic E-state index is 11.5. The molecule has 1 aromatic carbocycles. The van der Waals surface area contributed by atoms with Gasteiger partial charge in [-0.15, -0.1) is 0 Å². The van der Waals surface area contributed by atoms with Crippen LogP contribution in [0.5, 0.6) is 0 Å². The van der Waals surface area contributed by atoms with Crippen molar-refractivity contribution in [3.05, 3.63) is 35.9 Å². The van der Waals surface area contributed by atoms with E-state index < -0.39 is 48.9 Å². The van der Waals surface area contributed by atoms with Crippen LogP contribution in [0.2, 0.25) is 0 Å². The lowest BCUT2D eigenvalue weighted by Gasteiger charge is -2.46. The molecule has 0 bridgehead atoms. The van der Waals surface area contributed by atoms with E-state index in [0.717, 1.165) is 5.56 Å². The first-order valence-corrected chi connectivity index (χ1v) is 7.95. The van der Waals surface area contributed by atoms with Crippen LogP contribution >= 0.6 is 0 Å². The van der Waals surface area contributed by atoms with Crippen molar-refractivity contribution < 1.29 is 38.4 Å². The third kappa shape index (κ3) is 3.98. The molecule has 2 heterocycles. The van der Waals surface area contributed by atoms with E-state index in [2.05, 4.69) is 0 Å². The zero-order valence-electron chi connectivity index (χ0n) is 13.9. The van der Waals surface area contributed by atoms with Gasteiger partial charge in [-0.1, -0.05) is 30.3 Å². The molecule has 6 unspecified atom stereocenters. The van der Waals surface area contributed by atoms with Gasteiger partial charge in [0.2, 0.25) is 0 Å². The molecule has 2 saturated heterocycles. The van der Waals surface area contributed by atoms with Crippen molar-refractivity contribution in [2.24, 2.45) is 0 Å². The van der Waals surface area contributed by atoms with E-state index in [1.165, 1.54) is 13.8 Å². The van der Waals surface area contributed by atoms with E-state index in [4.69, 9.17) is 23.7 Å². The number of aliphatic hydroxyl groups is 1. The second-order valence-corrected chi connectivity index (χ2v) is 5.89. The molecule has 1 aromatic rings. The number of carbonyl (C=O) groups excluding carboxylic acids is 2. The van der Waals surface area contributed by atoms with Gasteiger partial charge in [-0.05, 0) is 0 Å². The van der Waals surface area contributed by atoms with Gasteiger partial charge in [0.15, 0.2) is 24.8 Å². The van der Waals surface area contributed by atoms with Crippen LogP contribution in [0.25, 0.3) is 0 Å². The van der Waals surface area contributed by atoms with Gasteiger partial charge in [0, 0.05) is 19.4 Å². The van der Waals surface area contributed by atoms with Crippen LogP contribution in [0, 0.1) is 0 Å². The van der Waals surface area contributed by atoms with Crippen molar-refractivity contribution >= 4 is 11.9 Å². The highest BCUT2D eigenvalue weighted by Crippen LogP contribution is 2.35. The maximum absolute atomic E-state index is 11.5. The van der Waals surface area contributed by atoms with Crippen molar-refractivity contribution in [2.75, 3.05) is 6.61 Å². The Kier molecular flexibility index (Phi) is 5.33. The van der Waals surface area contributed by atoms with Crippen LogP contribution in [-0.4, -0.2) is 54.4 Å². The minimum atomic E-state index is -1.45. The molecule has 0 spiro atoms. The summed E-state index contributed by atoms with van der Waals surface area (Å²) in [7, 11) is 0. The van der Waals surface area contributed by atoms with Crippen molar-refractivity contribution in [1.82, 2.24) is 0 Å². The number of aliphatic hydroxyl groups excluding tert-OH is 1. The predicted octanol–water partition coefficient (Wildman–Crippen LogP) is 0.681. The Bertz CT molecular complexity index is 618. The molecule has 8 heteroatoms. The zero-order valence-corrected chi connectivity index (χ0v) is 13.9. The summed E-state index contributed by atoms with van der Waals surface area (Å²) in [5.41, 5.74) is 0.790. The number of fused-ring (bicyclic) bond motifs is 1. The summed E-state index contributed by atoms with van der Waals surface area (Å²) in [6.45, 7) is 2.56. The van der Waals surface area contributed by atoms with Crippen molar-refractivity contribution in [3.63, 3.8) is 0 Å². The van der Waals surface area contributed by atoms with Gasteiger partial charge < -0.3 is 28.8 Å². The molecule has 25 heavy (non-hydrogen) atoms. The normalized spacial score (nSPS) is 34.7. The molecule has 2 aliphatic rings. The van der Waals surface area contributed by atoms with Crippen molar-refractivity contribution in [1.29, 1.82) is 0 Å². The fourth-order valence-corrected chi connectivity index (χ4v) is 2.99. The summed E-state index contributed by atoms with van der Waals surface area (Å²) in [6, 6.07) is 9.25. The van der Waals surface area contributed by atoms with Crippen LogP contribution in [0.15, 0.2) is 30.3 Å². The fourth-order valence-electron chi connectivity index (χ4n) is 2.99. The second-order valence-electron chi connectivity index (χ2n) is 5.89. The molecule has 0 radical (unpaired) electrons. The van der Waals surface area contributed by atoms with Crippen LogP contribution in [-0.2, 0) is 33.3 Å². The largest absolute Gasteiger partial charge is 0.455 e. The predicted molar refractivity (Wildman–Crippen MR) is 82.0 cm³/mol. The topological polar surface area (TPSA) is 101 Å². The molecule has 0 aliphatic carbocycles. The Labute approximate surface area is 144 Å². The maximum Gasteiger partial charge on any atom is 0.303 e. The molecule has 8 nitrogen and oxygen atoms in total. The second kappa shape index (κ2) is 7.49. The van der Waals surface area contributed by atoms with Gasteiger partial charge in [0.1, 0.15) is 12.2 Å². The Morgan fingerprint density at radius 3 is 2.32 bits per heavy atom. The molecule has 136 valence electrons.